The van der Waals surface area contributed by atoms with E-state index in [4.69, 9.17) is 0 Å². The van der Waals surface area contributed by atoms with Gasteiger partial charge in [-0.2, -0.15) is 0 Å². The normalized spacial score (nSPS) is 49.0. The monoisotopic (exact) mass is 659 g/mol. The van der Waals surface area contributed by atoms with Gasteiger partial charge in [-0.15, -0.1) is 0 Å². The molecule has 6 aliphatic rings. The number of aliphatic hydroxyl groups is 1. The van der Waals surface area contributed by atoms with Crippen LogP contribution in [0.1, 0.15) is 132 Å². The zero-order chi connectivity index (χ0) is 31.8. The first-order valence-corrected chi connectivity index (χ1v) is 18.8. The van der Waals surface area contributed by atoms with E-state index in [1.54, 1.807) is 0 Å². The van der Waals surface area contributed by atoms with E-state index in [0.717, 1.165) is 69.7 Å². The van der Waals surface area contributed by atoms with Crippen LogP contribution in [0.25, 0.3) is 0 Å². The van der Waals surface area contributed by atoms with Crippen LogP contribution in [0.3, 0.4) is 0 Å². The molecule has 244 valence electrons. The molecule has 6 rings (SSSR count). The van der Waals surface area contributed by atoms with Crippen LogP contribution < -0.4 is 0 Å². The number of allylic oxidation sites excluding steroid dienone is 2. The number of aliphatic hydroxyl groups excluding tert-OH is 1. The Morgan fingerprint density at radius 3 is 2.26 bits per heavy atom. The van der Waals surface area contributed by atoms with E-state index in [1.165, 1.54) is 18.4 Å². The molecule has 4 nitrogen and oxygen atoms in total. The summed E-state index contributed by atoms with van der Waals surface area (Å²) < 4.78 is 0. The third-order valence-electron chi connectivity index (χ3n) is 15.3. The topological polar surface area (TPSA) is 57.6 Å². The molecule has 0 bridgehead atoms. The number of nitrogens with zero attached hydrogens (tertiary/aromatic N) is 1. The molecule has 0 aromatic carbocycles. The Bertz CT molecular complexity index is 1150. The Kier molecular flexibility index (Phi) is 8.91. The van der Waals surface area contributed by atoms with Crippen molar-refractivity contribution in [3.63, 3.8) is 0 Å². The third kappa shape index (κ3) is 5.02. The number of ketones is 2. The van der Waals surface area contributed by atoms with Gasteiger partial charge in [0.1, 0.15) is 5.78 Å². The molecule has 4 saturated carbocycles. The Morgan fingerprint density at radius 2 is 1.63 bits per heavy atom. The summed E-state index contributed by atoms with van der Waals surface area (Å²) in [4.78, 5) is 30.8. The summed E-state index contributed by atoms with van der Waals surface area (Å²) in [7, 11) is 2.18. The number of alkyl halides is 1. The third-order valence-corrected chi connectivity index (χ3v) is 15.3. The summed E-state index contributed by atoms with van der Waals surface area (Å²) in [5.74, 6) is 1.50. The number of rotatable bonds is 3. The number of halogens is 1. The van der Waals surface area contributed by atoms with Crippen molar-refractivity contribution in [1.82, 2.24) is 4.90 Å². The molecule has 1 aliphatic heterocycles. The number of fused-ring (bicyclic) bond motifs is 7. The second-order valence-electron chi connectivity index (χ2n) is 17.8. The predicted octanol–water partition coefficient (Wildman–Crippen LogP) is 8.78. The minimum absolute atomic E-state index is 0.0122. The average molecular weight is 661 g/mol. The molecule has 3 unspecified atom stereocenters. The maximum Gasteiger partial charge on any atom is 0.159 e. The lowest BCUT2D eigenvalue weighted by Crippen LogP contribution is -2.66. The van der Waals surface area contributed by atoms with Crippen LogP contribution >= 0.6 is 15.9 Å². The Labute approximate surface area is 271 Å². The second kappa shape index (κ2) is 11.3. The van der Waals surface area contributed by atoms with Crippen molar-refractivity contribution in [2.24, 2.45) is 50.2 Å². The van der Waals surface area contributed by atoms with E-state index in [-0.39, 0.29) is 44.5 Å². The van der Waals surface area contributed by atoms with Gasteiger partial charge in [0.25, 0.3) is 0 Å². The second-order valence-corrected chi connectivity index (χ2v) is 18.9. The smallest absolute Gasteiger partial charge is 0.159 e. The quantitative estimate of drug-likeness (QED) is 0.308. The lowest BCUT2D eigenvalue weighted by molar-refractivity contribution is -0.202. The zero-order valence-electron chi connectivity index (χ0n) is 29.0. The van der Waals surface area contributed by atoms with E-state index in [1.807, 2.05) is 6.92 Å². The van der Waals surface area contributed by atoms with Crippen molar-refractivity contribution < 1.29 is 14.7 Å². The minimum Gasteiger partial charge on any atom is -0.393 e. The SMILES string of the molecule is CCBr.CN1CCCC1CC(=O)[C@@]1(C)CC[C@]2(C)CC[C@]3(C)C(=CC(=O)C4[C@@]5(C)CC[C@H](O)C(C)(C)C5CC[C@]43C)[C@H]2C1. The first kappa shape index (κ1) is 33.8. The van der Waals surface area contributed by atoms with E-state index in [2.05, 4.69) is 82.4 Å². The molecule has 0 radical (unpaired) electrons. The van der Waals surface area contributed by atoms with Crippen LogP contribution in [0.4, 0.5) is 0 Å². The fourth-order valence-electron chi connectivity index (χ4n) is 12.1. The van der Waals surface area contributed by atoms with Gasteiger partial charge in [0.2, 0.25) is 0 Å². The molecule has 0 spiro atoms. The van der Waals surface area contributed by atoms with Crippen molar-refractivity contribution in [2.45, 2.75) is 145 Å². The molecule has 1 N–H and O–H groups in total. The first-order valence-electron chi connectivity index (χ1n) is 17.7. The molecule has 0 aromatic heterocycles. The lowest BCUT2D eigenvalue weighted by Gasteiger charge is -2.70. The molecule has 1 heterocycles. The fraction of sp³-hybridized carbons (Fsp3) is 0.895. The zero-order valence-corrected chi connectivity index (χ0v) is 30.5. The number of likely N-dealkylation sites (tertiary alicyclic amines) is 1. The van der Waals surface area contributed by atoms with Gasteiger partial charge in [-0.3, -0.25) is 9.59 Å². The van der Waals surface area contributed by atoms with Crippen LogP contribution in [0.15, 0.2) is 11.6 Å². The largest absolute Gasteiger partial charge is 0.393 e. The van der Waals surface area contributed by atoms with Crippen molar-refractivity contribution in [3.8, 4) is 0 Å². The Balaban J connectivity index is 0.00000118. The summed E-state index contributed by atoms with van der Waals surface area (Å²) in [6.07, 6.45) is 14.1. The van der Waals surface area contributed by atoms with Crippen LogP contribution in [0.2, 0.25) is 0 Å². The highest BCUT2D eigenvalue weighted by Crippen LogP contribution is 2.75. The van der Waals surface area contributed by atoms with E-state index >= 15 is 0 Å². The Hall–Kier alpha value is -0.520. The van der Waals surface area contributed by atoms with Gasteiger partial charge in [0.05, 0.1) is 6.10 Å². The number of carbonyl (C=O) groups excluding carboxylic acids is 2. The highest BCUT2D eigenvalue weighted by Gasteiger charge is 2.70. The molecular weight excluding hydrogens is 598 g/mol. The van der Waals surface area contributed by atoms with E-state index in [9.17, 15) is 14.7 Å². The highest BCUT2D eigenvalue weighted by atomic mass is 79.9. The van der Waals surface area contributed by atoms with Crippen molar-refractivity contribution in [2.75, 3.05) is 18.9 Å². The first-order chi connectivity index (χ1) is 19.9. The predicted molar refractivity (Wildman–Crippen MR) is 180 cm³/mol. The Morgan fingerprint density at radius 1 is 0.977 bits per heavy atom. The number of Topliss-reactive ketones (excluding diaryl/α,β-unsaturated/α-hetero) is 1. The standard InChI is InChI=1S/C36H57NO3.C2H5Br/c1-31(2)27-11-14-36(7)30(34(27,5)13-12-28(31)39)26(38)21-24-25-22-33(4,29(40)20-23-10-9-19-37(23)8)16-15-32(25,3)17-18-35(24,36)6;1-2-3/h21,23,25,27-28,30,39H,9-20,22H2,1-8H3;2H2,1H3/t23?,25-,27?,28+,30?,32-,33+,34+,35-,36-;/m1./s1. The molecule has 0 aromatic rings. The van der Waals surface area contributed by atoms with Crippen molar-refractivity contribution >= 4 is 27.5 Å². The van der Waals surface area contributed by atoms with Crippen LogP contribution in [0, 0.1) is 50.2 Å². The van der Waals surface area contributed by atoms with Gasteiger partial charge in [-0.25, -0.2) is 0 Å². The minimum atomic E-state index is -0.291. The summed E-state index contributed by atoms with van der Waals surface area (Å²) in [5.41, 5.74) is 0.948. The van der Waals surface area contributed by atoms with Crippen LogP contribution in [-0.2, 0) is 9.59 Å². The van der Waals surface area contributed by atoms with Gasteiger partial charge in [0.15, 0.2) is 5.78 Å². The molecular formula is C38H62BrNO3. The highest BCUT2D eigenvalue weighted by molar-refractivity contribution is 9.09. The van der Waals surface area contributed by atoms with Crippen molar-refractivity contribution in [1.29, 1.82) is 0 Å². The average Bonchev–Trinajstić information content (AvgIpc) is 3.33. The number of hydrogen-bond acceptors (Lipinski definition) is 4. The fourth-order valence-corrected chi connectivity index (χ4v) is 12.1. The maximum absolute atomic E-state index is 14.5. The van der Waals surface area contributed by atoms with E-state index in [0.29, 0.717) is 35.9 Å². The van der Waals surface area contributed by atoms with Gasteiger partial charge in [0, 0.05) is 29.1 Å². The summed E-state index contributed by atoms with van der Waals surface area (Å²) in [6.45, 7) is 19.7. The van der Waals surface area contributed by atoms with Crippen LogP contribution in [-0.4, -0.2) is 52.6 Å². The molecule has 43 heavy (non-hydrogen) atoms. The molecule has 0 amide bonds. The number of carbonyl (C=O) groups is 2. The van der Waals surface area contributed by atoms with E-state index < -0.39 is 0 Å². The summed E-state index contributed by atoms with van der Waals surface area (Å²) >= 11 is 3.15. The van der Waals surface area contributed by atoms with Gasteiger partial charge in [-0.1, -0.05) is 76.9 Å². The summed E-state index contributed by atoms with van der Waals surface area (Å²) in [5, 5.41) is 12.0. The van der Waals surface area contributed by atoms with Gasteiger partial charge in [-0.05, 0) is 129 Å². The van der Waals surface area contributed by atoms with Crippen molar-refractivity contribution in [3.05, 3.63) is 11.6 Å². The molecule has 5 fully saturated rings. The molecule has 5 heteroatoms. The molecule has 10 atom stereocenters. The number of hydrogen-bond donors (Lipinski definition) is 1. The van der Waals surface area contributed by atoms with Crippen LogP contribution in [0.5, 0.6) is 0 Å². The maximum atomic E-state index is 14.5. The van der Waals surface area contributed by atoms with Gasteiger partial charge >= 0.3 is 0 Å². The van der Waals surface area contributed by atoms with Gasteiger partial charge < -0.3 is 10.0 Å². The summed E-state index contributed by atoms with van der Waals surface area (Å²) in [6, 6.07) is 0.401. The molecule has 1 saturated heterocycles. The lowest BCUT2D eigenvalue weighted by atomic mass is 9.33. The molecule has 5 aliphatic carbocycles.